The van der Waals surface area contributed by atoms with Crippen LogP contribution < -0.4 is 4.90 Å². The maximum absolute atomic E-state index is 5.40. The van der Waals surface area contributed by atoms with E-state index in [1.54, 1.807) is 11.3 Å². The second kappa shape index (κ2) is 13.4. The average molecular weight is 689 g/mol. The Morgan fingerprint density at radius 1 is 0.451 bits per heavy atom. The van der Waals surface area contributed by atoms with Crippen LogP contribution in [0.2, 0.25) is 0 Å². The molecule has 242 valence electrons. The molecule has 0 aliphatic carbocycles. The van der Waals surface area contributed by atoms with E-state index in [9.17, 15) is 0 Å². The van der Waals surface area contributed by atoms with Crippen molar-refractivity contribution < 1.29 is 0 Å². The number of thiazole rings is 1. The average Bonchev–Trinajstić information content (AvgIpc) is 3.64. The van der Waals surface area contributed by atoms with Crippen LogP contribution >= 0.6 is 24.0 Å². The number of benzene rings is 8. The number of hydrogen-bond donors (Lipinski definition) is 1. The van der Waals surface area contributed by atoms with E-state index in [-0.39, 0.29) is 0 Å². The molecule has 0 unspecified atom stereocenters. The molecule has 8 aromatic carbocycles. The highest BCUT2D eigenvalue weighted by Gasteiger charge is 2.25. The molecule has 0 saturated carbocycles. The summed E-state index contributed by atoms with van der Waals surface area (Å²) in [5, 5.41) is 3.35. The number of thiol groups is 1. The second-order valence-electron chi connectivity index (χ2n) is 12.5. The predicted molar refractivity (Wildman–Crippen MR) is 221 cm³/mol. The van der Waals surface area contributed by atoms with Crippen molar-refractivity contribution in [3.63, 3.8) is 0 Å². The highest BCUT2D eigenvalue weighted by atomic mass is 32.1. The molecule has 0 saturated heterocycles. The normalized spacial score (nSPS) is 11.2. The molecule has 0 amide bonds. The fourth-order valence-corrected chi connectivity index (χ4v) is 8.33. The number of nitrogens with zero attached hydrogens (tertiary/aromatic N) is 2. The number of rotatable bonds is 7. The molecule has 0 bridgehead atoms. The van der Waals surface area contributed by atoms with Crippen molar-refractivity contribution in [2.24, 2.45) is 0 Å². The summed E-state index contributed by atoms with van der Waals surface area (Å²) in [6, 6.07) is 66.6. The van der Waals surface area contributed by atoms with E-state index in [2.05, 4.69) is 187 Å². The van der Waals surface area contributed by atoms with Gasteiger partial charge in [-0.1, -0.05) is 158 Å². The molecule has 51 heavy (non-hydrogen) atoms. The van der Waals surface area contributed by atoms with Gasteiger partial charge in [0, 0.05) is 21.8 Å². The van der Waals surface area contributed by atoms with Crippen molar-refractivity contribution in [2.45, 2.75) is 4.90 Å². The summed E-state index contributed by atoms with van der Waals surface area (Å²) in [5.41, 5.74) is 11.9. The highest BCUT2D eigenvalue weighted by Crippen LogP contribution is 2.50. The Bertz CT molecular complexity index is 2620. The SMILES string of the molecule is Sc1c(-c2ccccc2)cc2sc(-c3ccccc3)nc2c1N(c1ccc(-c2ccccc2)cc1)c1cc(-c2ccccc2)c2ccccc2c1. The van der Waals surface area contributed by atoms with Crippen LogP contribution in [0.3, 0.4) is 0 Å². The molecule has 0 aliphatic rings. The fourth-order valence-electron chi connectivity index (χ4n) is 6.91. The van der Waals surface area contributed by atoms with E-state index in [0.29, 0.717) is 0 Å². The van der Waals surface area contributed by atoms with Gasteiger partial charge in [0.1, 0.15) is 10.5 Å². The number of anilines is 3. The molecule has 0 fully saturated rings. The third kappa shape index (κ3) is 5.89. The monoisotopic (exact) mass is 688 g/mol. The first-order chi connectivity index (χ1) is 25.2. The molecule has 1 aromatic heterocycles. The van der Waals surface area contributed by atoms with Crippen LogP contribution in [0.5, 0.6) is 0 Å². The van der Waals surface area contributed by atoms with Gasteiger partial charge in [-0.15, -0.1) is 24.0 Å². The van der Waals surface area contributed by atoms with Gasteiger partial charge in [0.25, 0.3) is 0 Å². The number of fused-ring (bicyclic) bond motifs is 2. The molecule has 2 nitrogen and oxygen atoms in total. The molecular weight excluding hydrogens is 657 g/mol. The lowest BCUT2D eigenvalue weighted by atomic mass is 9.96. The molecule has 0 aliphatic heterocycles. The molecule has 0 N–H and O–H groups in total. The molecule has 0 radical (unpaired) electrons. The van der Waals surface area contributed by atoms with E-state index >= 15 is 0 Å². The van der Waals surface area contributed by atoms with Gasteiger partial charge in [0.2, 0.25) is 0 Å². The van der Waals surface area contributed by atoms with Crippen LogP contribution in [0.15, 0.2) is 193 Å². The minimum absolute atomic E-state index is 0.875. The van der Waals surface area contributed by atoms with Crippen molar-refractivity contribution in [1.29, 1.82) is 0 Å². The number of hydrogen-bond acceptors (Lipinski definition) is 4. The Kier molecular flexibility index (Phi) is 8.17. The molecule has 0 atom stereocenters. The van der Waals surface area contributed by atoms with Crippen LogP contribution in [0, 0.1) is 0 Å². The molecule has 4 heteroatoms. The van der Waals surface area contributed by atoms with Crippen LogP contribution in [-0.4, -0.2) is 4.98 Å². The quantitative estimate of drug-likeness (QED) is 0.168. The summed E-state index contributed by atoms with van der Waals surface area (Å²) in [5.74, 6) is 0. The minimum Gasteiger partial charge on any atom is -0.307 e. The first kappa shape index (κ1) is 31.1. The van der Waals surface area contributed by atoms with Gasteiger partial charge >= 0.3 is 0 Å². The van der Waals surface area contributed by atoms with Crippen LogP contribution in [0.25, 0.3) is 64.9 Å². The van der Waals surface area contributed by atoms with Gasteiger partial charge in [0.05, 0.1) is 10.4 Å². The van der Waals surface area contributed by atoms with Crippen LogP contribution in [0.4, 0.5) is 17.1 Å². The standard InChI is InChI=1S/C47H32N2S2/c50-46-42(35-19-9-3-10-20-35)31-43-44(48-47(51-43)36-21-11-4-12-22-36)45(46)49(38-27-25-33(26-28-38)32-15-5-1-6-16-32)39-29-37-23-13-14-24-40(37)41(30-39)34-17-7-2-8-18-34/h1-31,50H. The predicted octanol–water partition coefficient (Wildman–Crippen LogP) is 13.9. The maximum atomic E-state index is 5.40. The lowest BCUT2D eigenvalue weighted by Gasteiger charge is -2.29. The number of aromatic nitrogens is 1. The van der Waals surface area contributed by atoms with E-state index in [1.165, 1.54) is 27.5 Å². The van der Waals surface area contributed by atoms with E-state index in [4.69, 9.17) is 17.6 Å². The van der Waals surface area contributed by atoms with Gasteiger partial charge in [-0.25, -0.2) is 4.98 Å². The fraction of sp³-hybridized carbons (Fsp3) is 0. The Morgan fingerprint density at radius 2 is 0.980 bits per heavy atom. The van der Waals surface area contributed by atoms with Crippen molar-refractivity contribution >= 4 is 62.0 Å². The van der Waals surface area contributed by atoms with Gasteiger partial charge in [-0.2, -0.15) is 0 Å². The maximum Gasteiger partial charge on any atom is 0.124 e. The molecular formula is C47H32N2S2. The van der Waals surface area contributed by atoms with E-state index < -0.39 is 0 Å². The summed E-state index contributed by atoms with van der Waals surface area (Å²) >= 11 is 7.13. The Hall–Kier alpha value is -5.94. The lowest BCUT2D eigenvalue weighted by Crippen LogP contribution is -2.12. The summed E-state index contributed by atoms with van der Waals surface area (Å²) in [7, 11) is 0. The van der Waals surface area contributed by atoms with Gasteiger partial charge in [0.15, 0.2) is 0 Å². The van der Waals surface area contributed by atoms with Gasteiger partial charge in [-0.3, -0.25) is 0 Å². The summed E-state index contributed by atoms with van der Waals surface area (Å²) in [4.78, 5) is 8.62. The molecule has 0 spiro atoms. The first-order valence-electron chi connectivity index (χ1n) is 17.0. The smallest absolute Gasteiger partial charge is 0.124 e. The lowest BCUT2D eigenvalue weighted by molar-refractivity contribution is 1.24. The summed E-state index contributed by atoms with van der Waals surface area (Å²) < 4.78 is 1.11. The van der Waals surface area contributed by atoms with Crippen molar-refractivity contribution in [1.82, 2.24) is 4.98 Å². The van der Waals surface area contributed by atoms with Crippen molar-refractivity contribution in [3.05, 3.63) is 188 Å². The topological polar surface area (TPSA) is 16.1 Å². The summed E-state index contributed by atoms with van der Waals surface area (Å²) in [6.45, 7) is 0. The highest BCUT2D eigenvalue weighted by molar-refractivity contribution is 7.80. The first-order valence-corrected chi connectivity index (χ1v) is 18.3. The van der Waals surface area contributed by atoms with Gasteiger partial charge < -0.3 is 4.90 Å². The van der Waals surface area contributed by atoms with Gasteiger partial charge in [-0.05, 0) is 74.5 Å². The van der Waals surface area contributed by atoms with Crippen molar-refractivity contribution in [3.8, 4) is 44.0 Å². The third-order valence-electron chi connectivity index (χ3n) is 9.38. The summed E-state index contributed by atoms with van der Waals surface area (Å²) in [6.07, 6.45) is 0. The zero-order valence-corrected chi connectivity index (χ0v) is 29.4. The zero-order valence-electron chi connectivity index (χ0n) is 27.6. The minimum atomic E-state index is 0.875. The molecule has 9 rings (SSSR count). The molecule has 1 heterocycles. The van der Waals surface area contributed by atoms with Crippen molar-refractivity contribution in [2.75, 3.05) is 4.90 Å². The Labute approximate surface area is 307 Å². The Morgan fingerprint density at radius 3 is 1.63 bits per heavy atom. The molecule has 9 aromatic rings. The zero-order chi connectivity index (χ0) is 34.1. The van der Waals surface area contributed by atoms with E-state index in [0.717, 1.165) is 59.4 Å². The largest absolute Gasteiger partial charge is 0.307 e. The second-order valence-corrected chi connectivity index (χ2v) is 14.0. The van der Waals surface area contributed by atoms with E-state index in [1.807, 2.05) is 6.07 Å². The Balaban J connectivity index is 1.35. The van der Waals surface area contributed by atoms with Crippen LogP contribution in [0.1, 0.15) is 0 Å². The van der Waals surface area contributed by atoms with Crippen LogP contribution in [-0.2, 0) is 0 Å². The third-order valence-corrected chi connectivity index (χ3v) is 10.9.